The van der Waals surface area contributed by atoms with Gasteiger partial charge >= 0.3 is 5.97 Å². The molecule has 0 aliphatic rings. The number of nitrogens with one attached hydrogen (secondary N) is 1. The van der Waals surface area contributed by atoms with Crippen molar-refractivity contribution in [2.45, 2.75) is 19.9 Å². The Labute approximate surface area is 211 Å². The van der Waals surface area contributed by atoms with Gasteiger partial charge in [0.1, 0.15) is 16.3 Å². The Hall–Kier alpha value is -4.30. The fourth-order valence-corrected chi connectivity index (χ4v) is 5.09. The quantitative estimate of drug-likeness (QED) is 0.321. The summed E-state index contributed by atoms with van der Waals surface area (Å²) in [5, 5.41) is 5.24. The van der Waals surface area contributed by atoms with Gasteiger partial charge in [0.05, 0.1) is 18.3 Å². The Morgan fingerprint density at radius 3 is 2.56 bits per heavy atom. The molecule has 1 amide bonds. The van der Waals surface area contributed by atoms with E-state index in [1.165, 1.54) is 10.9 Å². The van der Waals surface area contributed by atoms with Crippen molar-refractivity contribution in [2.24, 2.45) is 0 Å². The molecule has 2 heterocycles. The van der Waals surface area contributed by atoms with Crippen LogP contribution in [0, 0.1) is 6.92 Å². The zero-order chi connectivity index (χ0) is 25.1. The van der Waals surface area contributed by atoms with E-state index in [4.69, 9.17) is 4.74 Å². The molecule has 0 fully saturated rings. The maximum atomic E-state index is 13.1. The summed E-state index contributed by atoms with van der Waals surface area (Å²) in [5.74, 6) is -0.826. The number of aromatic nitrogens is 2. The minimum Gasteiger partial charge on any atom is -0.461 e. The van der Waals surface area contributed by atoms with Gasteiger partial charge in [0.2, 0.25) is 5.91 Å². The Kier molecular flexibility index (Phi) is 6.60. The third-order valence-corrected chi connectivity index (χ3v) is 7.10. The van der Waals surface area contributed by atoms with E-state index in [0.29, 0.717) is 32.8 Å². The largest absolute Gasteiger partial charge is 0.461 e. The normalized spacial score (nSPS) is 11.0. The Bertz CT molecular complexity index is 1640. The summed E-state index contributed by atoms with van der Waals surface area (Å²) in [6.07, 6.45) is 1.94. The van der Waals surface area contributed by atoms with E-state index in [0.717, 1.165) is 27.7 Å². The van der Waals surface area contributed by atoms with Crippen LogP contribution in [0.1, 0.15) is 20.8 Å². The van der Waals surface area contributed by atoms with E-state index in [2.05, 4.69) is 10.3 Å². The van der Waals surface area contributed by atoms with Crippen molar-refractivity contribution < 1.29 is 14.3 Å². The summed E-state index contributed by atoms with van der Waals surface area (Å²) in [6, 6.07) is 23.3. The van der Waals surface area contributed by atoms with E-state index in [1.54, 1.807) is 6.92 Å². The molecule has 7 nitrogen and oxygen atoms in total. The number of esters is 1. The van der Waals surface area contributed by atoms with E-state index in [-0.39, 0.29) is 24.6 Å². The maximum Gasteiger partial charge on any atom is 0.348 e. The number of ether oxygens (including phenoxy) is 1. The molecule has 0 atom stereocenters. The van der Waals surface area contributed by atoms with Crippen molar-refractivity contribution in [3.05, 3.63) is 105 Å². The van der Waals surface area contributed by atoms with Crippen LogP contribution >= 0.6 is 11.3 Å². The predicted molar refractivity (Wildman–Crippen MR) is 142 cm³/mol. The molecular formula is C28H23N3O4S. The van der Waals surface area contributed by atoms with Gasteiger partial charge in [-0.3, -0.25) is 14.2 Å². The maximum absolute atomic E-state index is 13.1. The van der Waals surface area contributed by atoms with E-state index >= 15 is 0 Å². The zero-order valence-corrected chi connectivity index (χ0v) is 20.4. The molecular weight excluding hydrogens is 474 g/mol. The van der Waals surface area contributed by atoms with E-state index < -0.39 is 5.97 Å². The topological polar surface area (TPSA) is 90.3 Å². The molecule has 0 unspecified atom stereocenters. The lowest BCUT2D eigenvalue weighted by molar-refractivity contribution is -0.116. The lowest BCUT2D eigenvalue weighted by Gasteiger charge is -2.08. The van der Waals surface area contributed by atoms with Crippen LogP contribution in [0.3, 0.4) is 0 Å². The first kappa shape index (κ1) is 23.4. The van der Waals surface area contributed by atoms with E-state index in [1.807, 2.05) is 72.8 Å². The average molecular weight is 498 g/mol. The van der Waals surface area contributed by atoms with Crippen LogP contribution in [0.5, 0.6) is 0 Å². The number of fused-ring (bicyclic) bond motifs is 2. The molecule has 0 saturated carbocycles. The van der Waals surface area contributed by atoms with E-state index in [9.17, 15) is 14.4 Å². The molecule has 0 aliphatic carbocycles. The highest BCUT2D eigenvalue weighted by Crippen LogP contribution is 2.27. The second-order valence-electron chi connectivity index (χ2n) is 8.40. The number of hydrogen-bond donors (Lipinski definition) is 1. The van der Waals surface area contributed by atoms with Crippen LogP contribution in [0.15, 0.2) is 83.9 Å². The van der Waals surface area contributed by atoms with Crippen molar-refractivity contribution in [3.63, 3.8) is 0 Å². The van der Waals surface area contributed by atoms with Gasteiger partial charge < -0.3 is 10.1 Å². The fourth-order valence-electron chi connectivity index (χ4n) is 4.06. The first-order valence-electron chi connectivity index (χ1n) is 11.5. The molecule has 0 bridgehead atoms. The van der Waals surface area contributed by atoms with Crippen LogP contribution in [-0.2, 0) is 22.5 Å². The molecule has 5 aromatic rings. The molecule has 180 valence electrons. The Balaban J connectivity index is 1.30. The molecule has 2 aromatic heterocycles. The summed E-state index contributed by atoms with van der Waals surface area (Å²) in [7, 11) is 0. The summed E-state index contributed by atoms with van der Waals surface area (Å²) in [5.41, 5.74) is 1.87. The van der Waals surface area contributed by atoms with Crippen LogP contribution in [0.2, 0.25) is 0 Å². The first-order valence-corrected chi connectivity index (χ1v) is 12.3. The number of anilines is 1. The van der Waals surface area contributed by atoms with Gasteiger partial charge in [0.15, 0.2) is 0 Å². The number of amides is 1. The highest BCUT2D eigenvalue weighted by Gasteiger charge is 2.21. The number of thiophene rings is 1. The minimum absolute atomic E-state index is 0.194. The lowest BCUT2D eigenvalue weighted by atomic mass is 10.1. The van der Waals surface area contributed by atoms with Crippen LogP contribution in [0.25, 0.3) is 21.0 Å². The van der Waals surface area contributed by atoms with Gasteiger partial charge in [-0.2, -0.15) is 0 Å². The molecule has 3 aromatic carbocycles. The number of rotatable bonds is 7. The predicted octanol–water partition coefficient (Wildman–Crippen LogP) is 4.96. The third kappa shape index (κ3) is 4.89. The number of aryl methyl sites for hydroxylation is 1. The molecule has 0 radical (unpaired) electrons. The second kappa shape index (κ2) is 10.1. The highest BCUT2D eigenvalue weighted by atomic mass is 32.1. The van der Waals surface area contributed by atoms with Gasteiger partial charge in [0, 0.05) is 12.1 Å². The van der Waals surface area contributed by atoms with Crippen LogP contribution in [-0.4, -0.2) is 28.0 Å². The third-order valence-electron chi connectivity index (χ3n) is 5.92. The van der Waals surface area contributed by atoms with Crippen LogP contribution in [0.4, 0.5) is 5.69 Å². The lowest BCUT2D eigenvalue weighted by Crippen LogP contribution is -2.27. The molecule has 0 aliphatic heterocycles. The molecule has 8 heteroatoms. The molecule has 0 spiro atoms. The monoisotopic (exact) mass is 497 g/mol. The highest BCUT2D eigenvalue weighted by molar-refractivity contribution is 7.20. The summed E-state index contributed by atoms with van der Waals surface area (Å²) in [4.78, 5) is 43.6. The van der Waals surface area contributed by atoms with Crippen molar-refractivity contribution >= 4 is 49.9 Å². The van der Waals surface area contributed by atoms with Gasteiger partial charge in [-0.25, -0.2) is 9.78 Å². The number of carbonyl (C=O) groups excluding carboxylic acids is 2. The molecule has 1 N–H and O–H groups in total. The second-order valence-corrected chi connectivity index (χ2v) is 9.39. The van der Waals surface area contributed by atoms with Crippen molar-refractivity contribution in [1.82, 2.24) is 9.55 Å². The van der Waals surface area contributed by atoms with Gasteiger partial charge in [-0.15, -0.1) is 11.3 Å². The Morgan fingerprint density at radius 2 is 1.75 bits per heavy atom. The summed E-state index contributed by atoms with van der Waals surface area (Å²) < 4.78 is 6.70. The number of hydrogen-bond acceptors (Lipinski definition) is 6. The van der Waals surface area contributed by atoms with Crippen molar-refractivity contribution in [2.75, 3.05) is 11.9 Å². The number of nitrogens with zero attached hydrogens (tertiary/aromatic N) is 2. The standard InChI is InChI=1S/C28H23N3O4S/c1-18-24-26(36-25(18)28(34)35-14-13-19-7-3-2-4-8-19)29-17-31(27(24)33)16-23(32)30-22-12-11-20-9-5-6-10-21(20)15-22/h2-12,15,17H,13-14,16H2,1H3,(H,30,32). The summed E-state index contributed by atoms with van der Waals surface area (Å²) >= 11 is 1.12. The molecule has 36 heavy (non-hydrogen) atoms. The van der Waals surface area contributed by atoms with Gasteiger partial charge in [0.25, 0.3) is 5.56 Å². The molecule has 0 saturated heterocycles. The zero-order valence-electron chi connectivity index (χ0n) is 19.6. The van der Waals surface area contributed by atoms with Gasteiger partial charge in [-0.05, 0) is 41.0 Å². The molecule has 5 rings (SSSR count). The fraction of sp³-hybridized carbons (Fsp3) is 0.143. The van der Waals surface area contributed by atoms with Gasteiger partial charge in [-0.1, -0.05) is 60.7 Å². The number of carbonyl (C=O) groups is 2. The van der Waals surface area contributed by atoms with Crippen molar-refractivity contribution in [1.29, 1.82) is 0 Å². The average Bonchev–Trinajstić information content (AvgIpc) is 3.23. The van der Waals surface area contributed by atoms with Crippen LogP contribution < -0.4 is 10.9 Å². The Morgan fingerprint density at radius 1 is 1.00 bits per heavy atom. The summed E-state index contributed by atoms with van der Waals surface area (Å²) in [6.45, 7) is 1.75. The minimum atomic E-state index is -0.480. The SMILES string of the molecule is Cc1c(C(=O)OCCc2ccccc2)sc2ncn(CC(=O)Nc3ccc4ccccc4c3)c(=O)c12. The van der Waals surface area contributed by atoms with Crippen molar-refractivity contribution in [3.8, 4) is 0 Å². The first-order chi connectivity index (χ1) is 17.5. The smallest absolute Gasteiger partial charge is 0.348 e. The number of benzene rings is 3.